The maximum atomic E-state index is 9.44. The summed E-state index contributed by atoms with van der Waals surface area (Å²) < 4.78 is 0. The third kappa shape index (κ3) is 2.86. The molecule has 1 saturated heterocycles. The number of piperidine rings is 1. The van der Waals surface area contributed by atoms with Crippen LogP contribution in [-0.4, -0.2) is 9.97 Å². The van der Waals surface area contributed by atoms with E-state index in [-0.39, 0.29) is 18.0 Å². The molecule has 3 heterocycles. The minimum Gasteiger partial charge on any atom is -0.300 e. The second kappa shape index (κ2) is 6.25. The quantitative estimate of drug-likeness (QED) is 0.921. The number of hydrogen-bond donors (Lipinski definition) is 1. The lowest BCUT2D eigenvalue weighted by Crippen LogP contribution is -2.36. The molecule has 4 nitrogen and oxygen atoms in total. The van der Waals surface area contributed by atoms with E-state index in [2.05, 4.69) is 47.3 Å². The maximum absolute atomic E-state index is 9.44. The normalized spacial score (nSPS) is 24.7. The zero-order valence-corrected chi connectivity index (χ0v) is 13.0. The largest absolute Gasteiger partial charge is 0.300 e. The lowest BCUT2D eigenvalue weighted by molar-refractivity contribution is 0.276. The van der Waals surface area contributed by atoms with Gasteiger partial charge in [-0.3, -0.25) is 9.97 Å². The molecule has 1 aliphatic rings. The highest BCUT2D eigenvalue weighted by Gasteiger charge is 2.32. The highest BCUT2D eigenvalue weighted by Crippen LogP contribution is 2.36. The Morgan fingerprint density at radius 3 is 1.91 bits per heavy atom. The minimum atomic E-state index is 0.0269. The van der Waals surface area contributed by atoms with Crippen LogP contribution in [0.2, 0.25) is 0 Å². The fraction of sp³-hybridized carbons (Fsp3) is 0.389. The standard InChI is InChI=1S/C18H20N4/c1-12-5-3-7-20-17(12)15-9-14(11-19)10-16(22-15)18-13(2)6-4-8-21-18/h3-8,14-16,22H,9-10H2,1-2H3/t14?,15-,16+. The van der Waals surface area contributed by atoms with E-state index in [0.717, 1.165) is 35.4 Å². The van der Waals surface area contributed by atoms with Gasteiger partial charge in [0.15, 0.2) is 0 Å². The van der Waals surface area contributed by atoms with Gasteiger partial charge in [-0.25, -0.2) is 0 Å². The smallest absolute Gasteiger partial charge is 0.0657 e. The summed E-state index contributed by atoms with van der Waals surface area (Å²) in [5.41, 5.74) is 4.41. The summed E-state index contributed by atoms with van der Waals surface area (Å²) in [5, 5.41) is 13.1. The van der Waals surface area contributed by atoms with Gasteiger partial charge in [-0.2, -0.15) is 5.26 Å². The van der Waals surface area contributed by atoms with Gasteiger partial charge in [-0.15, -0.1) is 0 Å². The number of rotatable bonds is 2. The number of nitrogens with zero attached hydrogens (tertiary/aromatic N) is 3. The predicted molar refractivity (Wildman–Crippen MR) is 84.9 cm³/mol. The van der Waals surface area contributed by atoms with Crippen LogP contribution in [0.1, 0.15) is 47.4 Å². The van der Waals surface area contributed by atoms with Crippen LogP contribution in [0.5, 0.6) is 0 Å². The summed E-state index contributed by atoms with van der Waals surface area (Å²) in [6.45, 7) is 4.14. The Kier molecular flexibility index (Phi) is 4.17. The summed E-state index contributed by atoms with van der Waals surface area (Å²) in [5.74, 6) is 0.0269. The molecule has 0 aromatic carbocycles. The van der Waals surface area contributed by atoms with Gasteiger partial charge in [0.25, 0.3) is 0 Å². The first-order chi connectivity index (χ1) is 10.7. The number of aromatic nitrogens is 2. The van der Waals surface area contributed by atoms with E-state index in [4.69, 9.17) is 0 Å². The topological polar surface area (TPSA) is 61.6 Å². The van der Waals surface area contributed by atoms with Crippen LogP contribution in [0.4, 0.5) is 0 Å². The molecule has 1 unspecified atom stereocenters. The molecule has 1 fully saturated rings. The van der Waals surface area contributed by atoms with Gasteiger partial charge in [0, 0.05) is 12.4 Å². The zero-order chi connectivity index (χ0) is 15.5. The molecule has 22 heavy (non-hydrogen) atoms. The lowest BCUT2D eigenvalue weighted by atomic mass is 9.84. The third-order valence-corrected chi connectivity index (χ3v) is 4.39. The van der Waals surface area contributed by atoms with Crippen LogP contribution < -0.4 is 5.32 Å². The SMILES string of the molecule is Cc1cccnc1[C@@H]1CC(C#N)C[C@H](c2ncccc2C)N1. The second-order valence-electron chi connectivity index (χ2n) is 5.98. The lowest BCUT2D eigenvalue weighted by Gasteiger charge is -2.34. The van der Waals surface area contributed by atoms with Crippen molar-refractivity contribution in [3.8, 4) is 6.07 Å². The average Bonchev–Trinajstić information content (AvgIpc) is 2.55. The van der Waals surface area contributed by atoms with Crippen molar-refractivity contribution in [2.75, 3.05) is 0 Å². The molecule has 4 heteroatoms. The van der Waals surface area contributed by atoms with Crippen LogP contribution in [-0.2, 0) is 0 Å². The number of nitriles is 1. The molecule has 2 aromatic heterocycles. The van der Waals surface area contributed by atoms with Crippen LogP contribution in [0.25, 0.3) is 0 Å². The van der Waals surface area contributed by atoms with Gasteiger partial charge < -0.3 is 5.32 Å². The van der Waals surface area contributed by atoms with Crippen molar-refractivity contribution in [1.82, 2.24) is 15.3 Å². The highest BCUT2D eigenvalue weighted by molar-refractivity contribution is 5.26. The van der Waals surface area contributed by atoms with Crippen molar-refractivity contribution in [3.05, 3.63) is 59.2 Å². The summed E-state index contributed by atoms with van der Waals surface area (Å²) in [7, 11) is 0. The van der Waals surface area contributed by atoms with E-state index in [1.165, 1.54) is 0 Å². The maximum Gasteiger partial charge on any atom is 0.0657 e. The van der Waals surface area contributed by atoms with Crippen LogP contribution in [0.3, 0.4) is 0 Å². The molecule has 0 bridgehead atoms. The van der Waals surface area contributed by atoms with E-state index in [1.54, 1.807) is 0 Å². The predicted octanol–water partition coefficient (Wildman–Crippen LogP) is 3.40. The minimum absolute atomic E-state index is 0.0269. The average molecular weight is 292 g/mol. The Balaban J connectivity index is 1.93. The van der Waals surface area contributed by atoms with Crippen molar-refractivity contribution in [2.24, 2.45) is 5.92 Å². The first-order valence-electron chi connectivity index (χ1n) is 7.67. The summed E-state index contributed by atoms with van der Waals surface area (Å²) in [4.78, 5) is 9.06. The molecule has 3 atom stereocenters. The first-order valence-corrected chi connectivity index (χ1v) is 7.67. The van der Waals surface area contributed by atoms with Gasteiger partial charge in [0.05, 0.1) is 35.5 Å². The zero-order valence-electron chi connectivity index (χ0n) is 13.0. The third-order valence-electron chi connectivity index (χ3n) is 4.39. The molecular formula is C18H20N4. The molecule has 3 rings (SSSR count). The Morgan fingerprint density at radius 1 is 1.00 bits per heavy atom. The highest BCUT2D eigenvalue weighted by atomic mass is 15.0. The van der Waals surface area contributed by atoms with E-state index in [0.29, 0.717) is 0 Å². The van der Waals surface area contributed by atoms with Crippen LogP contribution in [0, 0.1) is 31.1 Å². The fourth-order valence-corrected chi connectivity index (χ4v) is 3.26. The van der Waals surface area contributed by atoms with E-state index in [1.807, 2.05) is 24.5 Å². The fourth-order valence-electron chi connectivity index (χ4n) is 3.26. The van der Waals surface area contributed by atoms with Gasteiger partial charge in [-0.1, -0.05) is 12.1 Å². The van der Waals surface area contributed by atoms with Crippen molar-refractivity contribution in [2.45, 2.75) is 38.8 Å². The number of nitrogens with one attached hydrogen (secondary N) is 1. The van der Waals surface area contributed by atoms with Gasteiger partial charge in [-0.05, 0) is 49.9 Å². The van der Waals surface area contributed by atoms with Crippen molar-refractivity contribution in [1.29, 1.82) is 5.26 Å². The molecule has 0 amide bonds. The molecule has 0 saturated carbocycles. The number of pyridine rings is 2. The molecule has 0 radical (unpaired) electrons. The van der Waals surface area contributed by atoms with Crippen molar-refractivity contribution in [3.63, 3.8) is 0 Å². The molecule has 0 spiro atoms. The van der Waals surface area contributed by atoms with Crippen molar-refractivity contribution >= 4 is 0 Å². The second-order valence-corrected chi connectivity index (χ2v) is 5.98. The molecule has 1 N–H and O–H groups in total. The Bertz CT molecular complexity index is 651. The Labute approximate surface area is 131 Å². The van der Waals surface area contributed by atoms with E-state index in [9.17, 15) is 5.26 Å². The number of hydrogen-bond acceptors (Lipinski definition) is 4. The summed E-state index contributed by atoms with van der Waals surface area (Å²) in [6, 6.07) is 10.7. The van der Waals surface area contributed by atoms with Gasteiger partial charge in [0.1, 0.15) is 0 Å². The molecule has 2 aromatic rings. The number of aryl methyl sites for hydroxylation is 2. The molecule has 0 aliphatic carbocycles. The monoisotopic (exact) mass is 292 g/mol. The van der Waals surface area contributed by atoms with E-state index < -0.39 is 0 Å². The van der Waals surface area contributed by atoms with Gasteiger partial charge >= 0.3 is 0 Å². The summed E-state index contributed by atoms with van der Waals surface area (Å²) in [6.07, 6.45) is 5.25. The first kappa shape index (κ1) is 14.7. The Morgan fingerprint density at radius 2 is 1.50 bits per heavy atom. The van der Waals surface area contributed by atoms with Crippen LogP contribution in [0.15, 0.2) is 36.7 Å². The molecule has 1 aliphatic heterocycles. The van der Waals surface area contributed by atoms with Crippen molar-refractivity contribution < 1.29 is 0 Å². The van der Waals surface area contributed by atoms with Crippen LogP contribution >= 0.6 is 0 Å². The van der Waals surface area contributed by atoms with Gasteiger partial charge in [0.2, 0.25) is 0 Å². The molecule has 112 valence electrons. The summed E-state index contributed by atoms with van der Waals surface area (Å²) >= 11 is 0. The van der Waals surface area contributed by atoms with E-state index >= 15 is 0 Å². The Hall–Kier alpha value is -2.25. The molecular weight excluding hydrogens is 272 g/mol.